The van der Waals surface area contributed by atoms with Crippen molar-refractivity contribution in [3.8, 4) is 5.75 Å². The molecule has 0 aliphatic carbocycles. The Kier molecular flexibility index (Phi) is 4.77. The maximum Gasteiger partial charge on any atom is 0.120 e. The molecule has 0 amide bonds. The molecule has 1 atom stereocenters. The summed E-state index contributed by atoms with van der Waals surface area (Å²) in [6.07, 6.45) is 1.93. The number of hydrogen-bond donors (Lipinski definition) is 3. The van der Waals surface area contributed by atoms with E-state index in [1.54, 1.807) is 12.1 Å². The van der Waals surface area contributed by atoms with E-state index < -0.39 is 0 Å². The monoisotopic (exact) mass is 223 g/mol. The number of aliphatic hydroxyl groups is 1. The first kappa shape index (κ1) is 13.0. The quantitative estimate of drug-likeness (QED) is 0.691. The first-order valence-electron chi connectivity index (χ1n) is 5.74. The first-order chi connectivity index (χ1) is 7.61. The fourth-order valence-electron chi connectivity index (χ4n) is 1.74. The Bertz CT molecular complexity index is 327. The van der Waals surface area contributed by atoms with Crippen LogP contribution in [0.5, 0.6) is 5.75 Å². The molecule has 3 nitrogen and oxygen atoms in total. The highest BCUT2D eigenvalue weighted by Crippen LogP contribution is 2.18. The average Bonchev–Trinajstić information content (AvgIpc) is 2.28. The van der Waals surface area contributed by atoms with Crippen LogP contribution in [0.1, 0.15) is 32.3 Å². The van der Waals surface area contributed by atoms with Crippen molar-refractivity contribution in [2.24, 2.45) is 0 Å². The maximum atomic E-state index is 9.61. The molecule has 1 aromatic carbocycles. The van der Waals surface area contributed by atoms with Gasteiger partial charge in [-0.25, -0.2) is 0 Å². The second kappa shape index (κ2) is 5.87. The molecule has 0 aliphatic rings. The van der Waals surface area contributed by atoms with Gasteiger partial charge in [-0.2, -0.15) is 0 Å². The number of rotatable bonds is 6. The normalized spacial score (nSPS) is 14.7. The highest BCUT2D eigenvalue weighted by atomic mass is 16.3. The number of nitrogens with one attached hydrogen (secondary N) is 1. The van der Waals surface area contributed by atoms with Gasteiger partial charge in [0, 0.05) is 17.6 Å². The van der Waals surface area contributed by atoms with Crippen LogP contribution < -0.4 is 5.32 Å². The van der Waals surface area contributed by atoms with Gasteiger partial charge in [0.2, 0.25) is 0 Å². The molecule has 3 N–H and O–H groups in total. The fourth-order valence-corrected chi connectivity index (χ4v) is 1.74. The van der Waals surface area contributed by atoms with Crippen molar-refractivity contribution in [1.29, 1.82) is 0 Å². The van der Waals surface area contributed by atoms with Crippen molar-refractivity contribution in [2.45, 2.75) is 38.8 Å². The van der Waals surface area contributed by atoms with Crippen molar-refractivity contribution in [3.05, 3.63) is 29.8 Å². The summed E-state index contributed by atoms with van der Waals surface area (Å²) >= 11 is 0. The Balaban J connectivity index is 2.59. The number of hydrogen-bond acceptors (Lipinski definition) is 3. The molecular weight excluding hydrogens is 202 g/mol. The highest BCUT2D eigenvalue weighted by Gasteiger charge is 2.21. The van der Waals surface area contributed by atoms with Gasteiger partial charge in [0.25, 0.3) is 0 Å². The van der Waals surface area contributed by atoms with Crippen molar-refractivity contribution in [3.63, 3.8) is 0 Å². The topological polar surface area (TPSA) is 52.5 Å². The predicted octanol–water partition coefficient (Wildman–Crippen LogP) is 2.03. The fraction of sp³-hybridized carbons (Fsp3) is 0.538. The zero-order chi connectivity index (χ0) is 12.0. The molecule has 16 heavy (non-hydrogen) atoms. The minimum atomic E-state index is -0.267. The molecule has 0 aliphatic heterocycles. The van der Waals surface area contributed by atoms with Crippen LogP contribution in [-0.2, 0) is 6.54 Å². The molecule has 0 heterocycles. The van der Waals surface area contributed by atoms with Crippen LogP contribution in [0.15, 0.2) is 24.3 Å². The lowest BCUT2D eigenvalue weighted by atomic mass is 9.97. The number of aromatic hydroxyl groups is 1. The standard InChI is InChI=1S/C13H21NO2/c1-3-8-13(2,10-15)14-9-11-6-4-5-7-12(11)16/h4-7,14-16H,3,8-10H2,1-2H3. The Morgan fingerprint density at radius 1 is 1.31 bits per heavy atom. The van der Waals surface area contributed by atoms with E-state index in [9.17, 15) is 10.2 Å². The third-order valence-electron chi connectivity index (χ3n) is 2.85. The van der Waals surface area contributed by atoms with Gasteiger partial charge in [0.15, 0.2) is 0 Å². The molecule has 0 spiro atoms. The van der Waals surface area contributed by atoms with E-state index in [0.29, 0.717) is 12.3 Å². The SMILES string of the molecule is CCCC(C)(CO)NCc1ccccc1O. The van der Waals surface area contributed by atoms with Crippen LogP contribution in [0.4, 0.5) is 0 Å². The van der Waals surface area contributed by atoms with Crippen molar-refractivity contribution >= 4 is 0 Å². The minimum absolute atomic E-state index is 0.106. The summed E-state index contributed by atoms with van der Waals surface area (Å²) in [6.45, 7) is 4.77. The summed E-state index contributed by atoms with van der Waals surface area (Å²) in [5.74, 6) is 0.298. The van der Waals surface area contributed by atoms with Crippen LogP contribution in [0.2, 0.25) is 0 Å². The number of phenols is 1. The van der Waals surface area contributed by atoms with Gasteiger partial charge in [-0.15, -0.1) is 0 Å². The van der Waals surface area contributed by atoms with Crippen LogP contribution in [0.3, 0.4) is 0 Å². The molecule has 1 aromatic rings. The van der Waals surface area contributed by atoms with Gasteiger partial charge in [-0.1, -0.05) is 31.5 Å². The number of aliphatic hydroxyl groups excluding tert-OH is 1. The Morgan fingerprint density at radius 2 is 2.00 bits per heavy atom. The molecule has 0 radical (unpaired) electrons. The third kappa shape index (κ3) is 3.51. The molecular formula is C13H21NO2. The van der Waals surface area contributed by atoms with E-state index in [2.05, 4.69) is 12.2 Å². The van der Waals surface area contributed by atoms with Gasteiger partial charge >= 0.3 is 0 Å². The molecule has 0 saturated heterocycles. The number of benzene rings is 1. The van der Waals surface area contributed by atoms with Crippen LogP contribution in [-0.4, -0.2) is 22.4 Å². The molecule has 1 rings (SSSR count). The number of phenolic OH excluding ortho intramolecular Hbond substituents is 1. The van der Waals surface area contributed by atoms with Gasteiger partial charge in [0.1, 0.15) is 5.75 Å². The molecule has 90 valence electrons. The molecule has 1 unspecified atom stereocenters. The lowest BCUT2D eigenvalue weighted by Crippen LogP contribution is -2.45. The minimum Gasteiger partial charge on any atom is -0.508 e. The van der Waals surface area contributed by atoms with Gasteiger partial charge in [0.05, 0.1) is 6.61 Å². The summed E-state index contributed by atoms with van der Waals surface area (Å²) in [4.78, 5) is 0. The second-order valence-corrected chi connectivity index (χ2v) is 4.45. The van der Waals surface area contributed by atoms with Crippen LogP contribution in [0, 0.1) is 0 Å². The molecule has 3 heteroatoms. The lowest BCUT2D eigenvalue weighted by molar-refractivity contribution is 0.163. The Labute approximate surface area is 97.1 Å². The smallest absolute Gasteiger partial charge is 0.120 e. The van der Waals surface area contributed by atoms with Crippen molar-refractivity contribution in [1.82, 2.24) is 5.32 Å². The summed E-state index contributed by atoms with van der Waals surface area (Å²) < 4.78 is 0. The lowest BCUT2D eigenvalue weighted by Gasteiger charge is -2.28. The second-order valence-electron chi connectivity index (χ2n) is 4.45. The van der Waals surface area contributed by atoms with E-state index in [1.165, 1.54) is 0 Å². The Hall–Kier alpha value is -1.06. The largest absolute Gasteiger partial charge is 0.508 e. The molecule has 0 aromatic heterocycles. The van der Waals surface area contributed by atoms with Crippen LogP contribution >= 0.6 is 0 Å². The van der Waals surface area contributed by atoms with Crippen molar-refractivity contribution < 1.29 is 10.2 Å². The van der Waals surface area contributed by atoms with E-state index in [-0.39, 0.29) is 12.1 Å². The highest BCUT2D eigenvalue weighted by molar-refractivity contribution is 5.31. The van der Waals surface area contributed by atoms with Gasteiger partial charge < -0.3 is 15.5 Å². The van der Waals surface area contributed by atoms with Gasteiger partial charge in [-0.3, -0.25) is 0 Å². The summed E-state index contributed by atoms with van der Waals surface area (Å²) in [5, 5.41) is 22.2. The van der Waals surface area contributed by atoms with E-state index in [0.717, 1.165) is 18.4 Å². The van der Waals surface area contributed by atoms with E-state index in [4.69, 9.17) is 0 Å². The summed E-state index contributed by atoms with van der Waals surface area (Å²) in [6, 6.07) is 7.25. The summed E-state index contributed by atoms with van der Waals surface area (Å²) in [7, 11) is 0. The third-order valence-corrected chi connectivity index (χ3v) is 2.85. The van der Waals surface area contributed by atoms with E-state index in [1.807, 2.05) is 19.1 Å². The Morgan fingerprint density at radius 3 is 2.56 bits per heavy atom. The number of para-hydroxylation sites is 1. The van der Waals surface area contributed by atoms with Gasteiger partial charge in [-0.05, 0) is 19.4 Å². The molecule has 0 bridgehead atoms. The average molecular weight is 223 g/mol. The zero-order valence-electron chi connectivity index (χ0n) is 10.0. The first-order valence-corrected chi connectivity index (χ1v) is 5.74. The predicted molar refractivity (Wildman–Crippen MR) is 65.3 cm³/mol. The molecule has 0 saturated carbocycles. The van der Waals surface area contributed by atoms with Crippen molar-refractivity contribution in [2.75, 3.05) is 6.61 Å². The summed E-state index contributed by atoms with van der Waals surface area (Å²) in [5.41, 5.74) is 0.593. The zero-order valence-corrected chi connectivity index (χ0v) is 10.0. The maximum absolute atomic E-state index is 9.61. The van der Waals surface area contributed by atoms with E-state index >= 15 is 0 Å². The molecule has 0 fully saturated rings. The van der Waals surface area contributed by atoms with Crippen LogP contribution in [0.25, 0.3) is 0 Å².